The summed E-state index contributed by atoms with van der Waals surface area (Å²) < 4.78 is 17.8. The highest BCUT2D eigenvalue weighted by molar-refractivity contribution is 5.89. The highest BCUT2D eigenvalue weighted by Crippen LogP contribution is 2.65. The van der Waals surface area contributed by atoms with Crippen molar-refractivity contribution in [3.63, 3.8) is 0 Å². The number of ketones is 1. The third-order valence-corrected chi connectivity index (χ3v) is 8.20. The SMILES string of the molecule is CO[C@H]1C[C@H]2C=C[C@]3(C)[C@H]4[C@H](O)[C@@H](C)C(=O)[C@@H]3O[C@@]24/C(C)=C/[C@@H](C)[C@@H]([C@@H](C)O)OC1=O. The predicted octanol–water partition coefficient (Wildman–Crippen LogP) is 1.81. The van der Waals surface area contributed by atoms with Gasteiger partial charge in [0, 0.05) is 36.2 Å². The van der Waals surface area contributed by atoms with E-state index in [1.165, 1.54) is 7.11 Å². The summed E-state index contributed by atoms with van der Waals surface area (Å²) in [7, 11) is 1.46. The average Bonchev–Trinajstić information content (AvgIpc) is 2.85. The number of carbonyl (C=O) groups excluding carboxylic acids is 2. The van der Waals surface area contributed by atoms with Gasteiger partial charge < -0.3 is 24.4 Å². The van der Waals surface area contributed by atoms with E-state index < -0.39 is 53.4 Å². The van der Waals surface area contributed by atoms with Crippen LogP contribution in [0.4, 0.5) is 0 Å². The highest BCUT2D eigenvalue weighted by Gasteiger charge is 2.73. The van der Waals surface area contributed by atoms with Crippen molar-refractivity contribution in [2.75, 3.05) is 7.11 Å². The molecule has 0 amide bonds. The van der Waals surface area contributed by atoms with E-state index in [0.29, 0.717) is 0 Å². The van der Waals surface area contributed by atoms with Crippen molar-refractivity contribution in [1.29, 1.82) is 0 Å². The zero-order chi connectivity index (χ0) is 22.9. The van der Waals surface area contributed by atoms with Crippen molar-refractivity contribution in [1.82, 2.24) is 0 Å². The lowest BCUT2D eigenvalue weighted by molar-refractivity contribution is -0.172. The topological polar surface area (TPSA) is 102 Å². The summed E-state index contributed by atoms with van der Waals surface area (Å²) in [6.45, 7) is 9.17. The van der Waals surface area contributed by atoms with E-state index in [4.69, 9.17) is 14.2 Å². The number of rotatable bonds is 2. The molecule has 0 aromatic rings. The minimum absolute atomic E-state index is 0.0871. The van der Waals surface area contributed by atoms with Gasteiger partial charge >= 0.3 is 5.97 Å². The van der Waals surface area contributed by atoms with Crippen LogP contribution >= 0.6 is 0 Å². The second kappa shape index (κ2) is 7.51. The molecule has 2 aliphatic heterocycles. The molecule has 1 saturated carbocycles. The van der Waals surface area contributed by atoms with E-state index in [9.17, 15) is 19.8 Å². The maximum absolute atomic E-state index is 13.1. The normalized spacial score (nSPS) is 52.1. The smallest absolute Gasteiger partial charge is 0.335 e. The summed E-state index contributed by atoms with van der Waals surface area (Å²) in [6.07, 6.45) is 2.26. The van der Waals surface area contributed by atoms with Gasteiger partial charge in [0.15, 0.2) is 11.9 Å². The van der Waals surface area contributed by atoms with Crippen molar-refractivity contribution in [3.8, 4) is 0 Å². The standard InChI is InChI=1S/C24H34O7/c1-11-9-12(2)24-15(10-16(29-6)22(28)30-19(11)14(4)25)7-8-23(5)20(24)17(26)13(3)18(27)21(23)31-24/h7-9,11,13-17,19-21,25-26H,10H2,1-6H3/b12-9+/t11-,13-,14-,15-,16+,17-,19+,20-,21+,23-,24+/m1/s1. The van der Waals surface area contributed by atoms with Crippen molar-refractivity contribution < 1.29 is 34.0 Å². The van der Waals surface area contributed by atoms with Gasteiger partial charge in [-0.1, -0.05) is 39.0 Å². The Hall–Kier alpha value is -1.54. The highest BCUT2D eigenvalue weighted by atomic mass is 16.6. The Morgan fingerprint density at radius 3 is 2.58 bits per heavy atom. The number of esters is 1. The molecule has 7 heteroatoms. The number of hydrogen-bond acceptors (Lipinski definition) is 7. The van der Waals surface area contributed by atoms with Crippen LogP contribution < -0.4 is 0 Å². The largest absolute Gasteiger partial charge is 0.457 e. The van der Waals surface area contributed by atoms with Gasteiger partial charge in [0.25, 0.3) is 0 Å². The molecule has 11 atom stereocenters. The van der Waals surface area contributed by atoms with Gasteiger partial charge in [0.1, 0.15) is 17.8 Å². The second-order valence-corrected chi connectivity index (χ2v) is 10.1. The maximum Gasteiger partial charge on any atom is 0.335 e. The molecule has 1 saturated heterocycles. The van der Waals surface area contributed by atoms with Crippen LogP contribution in [0.15, 0.2) is 23.8 Å². The average molecular weight is 435 g/mol. The first-order valence-electron chi connectivity index (χ1n) is 11.2. The molecule has 0 aromatic heterocycles. The zero-order valence-corrected chi connectivity index (χ0v) is 19.1. The molecule has 0 aromatic carbocycles. The van der Waals surface area contributed by atoms with Crippen LogP contribution in [0.1, 0.15) is 41.0 Å². The summed E-state index contributed by atoms with van der Waals surface area (Å²) in [6, 6.07) is 0. The lowest BCUT2D eigenvalue weighted by Gasteiger charge is -2.51. The fraction of sp³-hybridized carbons (Fsp3) is 0.750. The number of aliphatic hydroxyl groups is 2. The summed E-state index contributed by atoms with van der Waals surface area (Å²) in [5, 5.41) is 21.6. The third kappa shape index (κ3) is 3.00. The molecule has 172 valence electrons. The van der Waals surface area contributed by atoms with E-state index in [2.05, 4.69) is 0 Å². The minimum atomic E-state index is -0.945. The van der Waals surface area contributed by atoms with Crippen molar-refractivity contribution in [3.05, 3.63) is 23.8 Å². The number of hydrogen-bond donors (Lipinski definition) is 2. The van der Waals surface area contributed by atoms with E-state index in [0.717, 1.165) is 5.57 Å². The second-order valence-electron chi connectivity index (χ2n) is 10.1. The molecule has 2 N–H and O–H groups in total. The van der Waals surface area contributed by atoms with Gasteiger partial charge in [-0.3, -0.25) is 4.79 Å². The fourth-order valence-corrected chi connectivity index (χ4v) is 6.56. The molecule has 4 aliphatic rings. The maximum atomic E-state index is 13.1. The van der Waals surface area contributed by atoms with E-state index in [1.54, 1.807) is 13.8 Å². The lowest BCUT2D eigenvalue weighted by atomic mass is 9.52. The van der Waals surface area contributed by atoms with Crippen molar-refractivity contribution in [2.24, 2.45) is 29.1 Å². The number of carbonyl (C=O) groups is 2. The first kappa shape index (κ1) is 22.6. The van der Waals surface area contributed by atoms with Gasteiger partial charge in [-0.05, 0) is 25.8 Å². The Labute approximate surface area is 183 Å². The summed E-state index contributed by atoms with van der Waals surface area (Å²) in [4.78, 5) is 26.0. The zero-order valence-electron chi connectivity index (χ0n) is 19.1. The summed E-state index contributed by atoms with van der Waals surface area (Å²) in [5.41, 5.74) is -0.693. The molecule has 4 rings (SSSR count). The van der Waals surface area contributed by atoms with Gasteiger partial charge in [0.2, 0.25) is 0 Å². The molecule has 4 bridgehead atoms. The molecule has 2 heterocycles. The van der Waals surface area contributed by atoms with Crippen LogP contribution in [0.25, 0.3) is 0 Å². The molecule has 2 aliphatic carbocycles. The van der Waals surface area contributed by atoms with E-state index in [-0.39, 0.29) is 30.0 Å². The van der Waals surface area contributed by atoms with Crippen molar-refractivity contribution in [2.45, 2.75) is 77.2 Å². The van der Waals surface area contributed by atoms with Gasteiger partial charge in [0.05, 0.1) is 12.2 Å². The number of Topliss-reactive ketones (excluding diaryl/α,β-unsaturated/α-hetero) is 1. The molecule has 2 fully saturated rings. The van der Waals surface area contributed by atoms with Gasteiger partial charge in [-0.25, -0.2) is 4.79 Å². The Morgan fingerprint density at radius 1 is 1.29 bits per heavy atom. The van der Waals surface area contributed by atoms with Crippen LogP contribution in [0.3, 0.4) is 0 Å². The third-order valence-electron chi connectivity index (χ3n) is 8.20. The van der Waals surface area contributed by atoms with Crippen LogP contribution in [0.2, 0.25) is 0 Å². The Balaban J connectivity index is 1.92. The van der Waals surface area contributed by atoms with Crippen LogP contribution in [-0.4, -0.2) is 65.2 Å². The lowest BCUT2D eigenvalue weighted by Crippen LogP contribution is -2.59. The first-order chi connectivity index (χ1) is 14.5. The number of methoxy groups -OCH3 is 1. The molecule has 7 nitrogen and oxygen atoms in total. The van der Waals surface area contributed by atoms with Crippen LogP contribution in [0, 0.1) is 29.1 Å². The Morgan fingerprint density at radius 2 is 1.97 bits per heavy atom. The molecular weight excluding hydrogens is 400 g/mol. The molecule has 0 unspecified atom stereocenters. The molecule has 1 spiro atoms. The fourth-order valence-electron chi connectivity index (χ4n) is 6.56. The molecule has 31 heavy (non-hydrogen) atoms. The minimum Gasteiger partial charge on any atom is -0.457 e. The summed E-state index contributed by atoms with van der Waals surface area (Å²) >= 11 is 0. The van der Waals surface area contributed by atoms with E-state index in [1.807, 2.05) is 39.0 Å². The Bertz CT molecular complexity index is 832. The van der Waals surface area contributed by atoms with Crippen LogP contribution in [-0.2, 0) is 23.8 Å². The molecular formula is C24H34O7. The predicted molar refractivity (Wildman–Crippen MR) is 112 cm³/mol. The van der Waals surface area contributed by atoms with Gasteiger partial charge in [-0.15, -0.1) is 0 Å². The summed E-state index contributed by atoms with van der Waals surface area (Å²) in [5.74, 6) is -2.07. The molecule has 0 radical (unpaired) electrons. The van der Waals surface area contributed by atoms with Crippen LogP contribution in [0.5, 0.6) is 0 Å². The number of aliphatic hydroxyl groups excluding tert-OH is 2. The first-order valence-corrected chi connectivity index (χ1v) is 11.2. The van der Waals surface area contributed by atoms with Gasteiger partial charge in [-0.2, -0.15) is 0 Å². The monoisotopic (exact) mass is 434 g/mol. The van der Waals surface area contributed by atoms with E-state index >= 15 is 0 Å². The quantitative estimate of drug-likeness (QED) is 0.505. The Kier molecular flexibility index (Phi) is 5.49. The number of ether oxygens (including phenoxy) is 3. The van der Waals surface area contributed by atoms with Crippen molar-refractivity contribution >= 4 is 11.8 Å². The number of cyclic esters (lactones) is 1.